The molecule has 6 nitrogen and oxygen atoms in total. The van der Waals surface area contributed by atoms with E-state index in [2.05, 4.69) is 9.10 Å². The Morgan fingerprint density at radius 1 is 1.19 bits per heavy atom. The molecule has 0 radical (unpaired) electrons. The quantitative estimate of drug-likeness (QED) is 0.755. The van der Waals surface area contributed by atoms with E-state index < -0.39 is 21.8 Å². The largest absolute Gasteiger partial charge is 0.454 e. The predicted octanol–water partition coefficient (Wildman–Crippen LogP) is 1.63. The molecule has 0 bridgehead atoms. The molecule has 0 aliphatic carbocycles. The van der Waals surface area contributed by atoms with Crippen LogP contribution >= 0.6 is 11.6 Å². The maximum Gasteiger partial charge on any atom is 0.454 e. The monoisotopic (exact) mass is 261 g/mol. The van der Waals surface area contributed by atoms with Crippen LogP contribution in [-0.2, 0) is 10.5 Å². The minimum absolute atomic E-state index is 0.0564. The first kappa shape index (κ1) is 12.3. The van der Waals surface area contributed by atoms with Gasteiger partial charge in [-0.15, -0.1) is 0 Å². The summed E-state index contributed by atoms with van der Waals surface area (Å²) in [6, 6.07) is 5.23. The molecule has 0 N–H and O–H groups in total. The molecule has 1 amide bonds. The second-order valence-corrected chi connectivity index (χ2v) is 3.43. The van der Waals surface area contributed by atoms with Gasteiger partial charge in [-0.3, -0.25) is 4.79 Å². The molecule has 0 saturated heterocycles. The lowest BCUT2D eigenvalue weighted by Crippen LogP contribution is -2.01. The first-order valence-corrected chi connectivity index (χ1v) is 5.23. The second kappa shape index (κ2) is 5.38. The van der Waals surface area contributed by atoms with Gasteiger partial charge in [0.2, 0.25) is 0 Å². The average Bonchev–Trinajstić information content (AvgIpc) is 2.16. The summed E-state index contributed by atoms with van der Waals surface area (Å²) in [4.78, 5) is 21.4. The lowest BCUT2D eigenvalue weighted by Gasteiger charge is -1.99. The van der Waals surface area contributed by atoms with Crippen molar-refractivity contribution in [3.05, 3.63) is 29.8 Å². The Balaban J connectivity index is 2.80. The van der Waals surface area contributed by atoms with Crippen LogP contribution in [0.1, 0.15) is 10.4 Å². The van der Waals surface area contributed by atoms with Gasteiger partial charge in [-0.1, -0.05) is 4.36 Å². The Morgan fingerprint density at radius 3 is 2.19 bits per heavy atom. The topological polar surface area (TPSA) is 89.9 Å². The molecule has 0 aromatic heterocycles. The number of carbonyl (C=O) groups excluding carboxylic acids is 2. The Kier molecular flexibility index (Phi) is 4.15. The van der Waals surface area contributed by atoms with E-state index in [0.717, 1.165) is 0 Å². The molecule has 0 spiro atoms. The van der Waals surface area contributed by atoms with Gasteiger partial charge in [-0.25, -0.2) is 4.79 Å². The molecule has 0 saturated carbocycles. The summed E-state index contributed by atoms with van der Waals surface area (Å²) in [5.74, 6) is 0.0564. The van der Waals surface area contributed by atoms with Crippen molar-refractivity contribution in [2.75, 3.05) is 0 Å². The van der Waals surface area contributed by atoms with Crippen LogP contribution in [0, 0.1) is 0 Å². The number of rotatable bonds is 2. The SMILES string of the molecule is O=C(N=S(=O)=O)Oc1ccc(C(=O)Cl)cc1. The highest BCUT2D eigenvalue weighted by molar-refractivity contribution is 7.62. The predicted molar refractivity (Wildman–Crippen MR) is 54.0 cm³/mol. The first-order valence-electron chi connectivity index (χ1n) is 3.82. The number of benzene rings is 1. The molecule has 1 rings (SSSR count). The van der Waals surface area contributed by atoms with Crippen molar-refractivity contribution in [2.24, 2.45) is 4.36 Å². The standard InChI is InChI=1S/C8H4ClNO5S/c9-7(11)5-1-3-6(4-2-5)15-8(12)10-16(13)14/h1-4H. The lowest BCUT2D eigenvalue weighted by atomic mass is 10.2. The molecule has 0 atom stereocenters. The van der Waals surface area contributed by atoms with Crippen LogP contribution in [0.4, 0.5) is 4.79 Å². The molecule has 0 heterocycles. The maximum atomic E-state index is 10.8. The van der Waals surface area contributed by atoms with Crippen LogP contribution < -0.4 is 4.74 Å². The smallest absolute Gasteiger partial charge is 0.408 e. The highest BCUT2D eigenvalue weighted by atomic mass is 35.5. The third-order valence-corrected chi connectivity index (χ3v) is 1.95. The second-order valence-electron chi connectivity index (χ2n) is 2.47. The fourth-order valence-electron chi connectivity index (χ4n) is 0.834. The molecule has 16 heavy (non-hydrogen) atoms. The number of amides is 1. The summed E-state index contributed by atoms with van der Waals surface area (Å²) in [6.45, 7) is 0. The van der Waals surface area contributed by atoms with E-state index in [1.54, 1.807) is 0 Å². The van der Waals surface area contributed by atoms with E-state index in [9.17, 15) is 18.0 Å². The van der Waals surface area contributed by atoms with E-state index >= 15 is 0 Å². The number of ether oxygens (including phenoxy) is 1. The van der Waals surface area contributed by atoms with Gasteiger partial charge in [-0.05, 0) is 35.9 Å². The zero-order valence-electron chi connectivity index (χ0n) is 7.58. The third-order valence-electron chi connectivity index (χ3n) is 1.44. The maximum absolute atomic E-state index is 10.8. The normalized spacial score (nSPS) is 9.31. The molecule has 1 aromatic rings. The number of hydrogen-bond acceptors (Lipinski definition) is 5. The summed E-state index contributed by atoms with van der Waals surface area (Å²) in [5, 5.41) is -0.650. The van der Waals surface area contributed by atoms with Crippen LogP contribution in [-0.4, -0.2) is 19.8 Å². The van der Waals surface area contributed by atoms with Crippen molar-refractivity contribution in [1.82, 2.24) is 0 Å². The Morgan fingerprint density at radius 2 is 1.75 bits per heavy atom. The first-order chi connectivity index (χ1) is 7.49. The van der Waals surface area contributed by atoms with E-state index in [1.165, 1.54) is 24.3 Å². The fraction of sp³-hybridized carbons (Fsp3) is 0. The Bertz CT molecular complexity index is 540. The van der Waals surface area contributed by atoms with Gasteiger partial charge >= 0.3 is 16.6 Å². The average molecular weight is 262 g/mol. The van der Waals surface area contributed by atoms with Crippen LogP contribution in [0.15, 0.2) is 28.6 Å². The summed E-state index contributed by atoms with van der Waals surface area (Å²) in [5.41, 5.74) is 0.228. The number of halogens is 1. The van der Waals surface area contributed by atoms with Gasteiger partial charge in [0.05, 0.1) is 0 Å². The van der Waals surface area contributed by atoms with Crippen molar-refractivity contribution in [2.45, 2.75) is 0 Å². The van der Waals surface area contributed by atoms with Crippen LogP contribution in [0.3, 0.4) is 0 Å². The van der Waals surface area contributed by atoms with Crippen LogP contribution in [0.5, 0.6) is 5.75 Å². The van der Waals surface area contributed by atoms with E-state index in [0.29, 0.717) is 0 Å². The summed E-state index contributed by atoms with van der Waals surface area (Å²) < 4.78 is 27.1. The van der Waals surface area contributed by atoms with Gasteiger partial charge < -0.3 is 4.74 Å². The van der Waals surface area contributed by atoms with Crippen molar-refractivity contribution < 1.29 is 22.7 Å². The zero-order chi connectivity index (χ0) is 12.1. The van der Waals surface area contributed by atoms with Gasteiger partial charge in [-0.2, -0.15) is 8.42 Å². The summed E-state index contributed by atoms with van der Waals surface area (Å²) in [7, 11) is -2.86. The highest BCUT2D eigenvalue weighted by Crippen LogP contribution is 2.14. The molecule has 0 fully saturated rings. The van der Waals surface area contributed by atoms with Gasteiger partial charge in [0.15, 0.2) is 0 Å². The van der Waals surface area contributed by atoms with Gasteiger partial charge in [0.25, 0.3) is 5.24 Å². The highest BCUT2D eigenvalue weighted by Gasteiger charge is 2.05. The van der Waals surface area contributed by atoms with Crippen molar-refractivity contribution in [1.29, 1.82) is 0 Å². The molecule has 0 unspecified atom stereocenters. The van der Waals surface area contributed by atoms with Crippen LogP contribution in [0.2, 0.25) is 0 Å². The van der Waals surface area contributed by atoms with Gasteiger partial charge in [0, 0.05) is 5.56 Å². The Labute approximate surface area is 96.5 Å². The summed E-state index contributed by atoms with van der Waals surface area (Å²) in [6.07, 6.45) is -1.27. The molecule has 1 aromatic carbocycles. The molecular formula is C8H4ClNO5S. The number of nitrogens with zero attached hydrogens (tertiary/aromatic N) is 1. The zero-order valence-corrected chi connectivity index (χ0v) is 9.16. The van der Waals surface area contributed by atoms with Crippen molar-refractivity contribution in [3.8, 4) is 5.75 Å². The number of carbonyl (C=O) groups is 2. The molecular weight excluding hydrogens is 258 g/mol. The lowest BCUT2D eigenvalue weighted by molar-refractivity contribution is 0.108. The minimum Gasteiger partial charge on any atom is -0.408 e. The minimum atomic E-state index is -2.86. The van der Waals surface area contributed by atoms with E-state index in [4.69, 9.17) is 11.6 Å². The molecule has 84 valence electrons. The van der Waals surface area contributed by atoms with Crippen molar-refractivity contribution >= 4 is 33.4 Å². The molecule has 8 heteroatoms. The van der Waals surface area contributed by atoms with Crippen molar-refractivity contribution in [3.63, 3.8) is 0 Å². The summed E-state index contributed by atoms with van der Waals surface area (Å²) >= 11 is 5.18. The number of hydrogen-bond donors (Lipinski definition) is 0. The van der Waals surface area contributed by atoms with E-state index in [-0.39, 0.29) is 11.3 Å². The van der Waals surface area contributed by atoms with Gasteiger partial charge in [0.1, 0.15) is 5.75 Å². The molecule has 0 aliphatic rings. The van der Waals surface area contributed by atoms with E-state index in [1.807, 2.05) is 0 Å². The molecule has 0 aliphatic heterocycles. The Hall–Kier alpha value is -1.73. The van der Waals surface area contributed by atoms with Crippen LogP contribution in [0.25, 0.3) is 0 Å². The third kappa shape index (κ3) is 3.79. The fourth-order valence-corrected chi connectivity index (χ4v) is 1.12.